The number of likely N-dealkylation sites (tertiary alicyclic amines) is 1. The minimum absolute atomic E-state index is 0. The molecule has 1 heterocycles. The summed E-state index contributed by atoms with van der Waals surface area (Å²) in [5.41, 5.74) is 0. The van der Waals surface area contributed by atoms with Crippen molar-refractivity contribution in [1.82, 2.24) is 10.2 Å². The Bertz CT molecular complexity index is 319. The topological polar surface area (TPSA) is 55.3 Å². The highest BCUT2D eigenvalue weighted by Crippen LogP contribution is 2.16. The molecule has 0 amide bonds. The summed E-state index contributed by atoms with van der Waals surface area (Å²) in [5, 5.41) is 3.41. The molecule has 1 unspecified atom stereocenters. The highest BCUT2D eigenvalue weighted by Gasteiger charge is 2.24. The molecule has 1 saturated heterocycles. The van der Waals surface area contributed by atoms with E-state index in [-0.39, 0.29) is 24.0 Å². The Morgan fingerprint density at radius 2 is 2.00 bits per heavy atom. The number of nitrogens with one attached hydrogen (secondary N) is 1. The van der Waals surface area contributed by atoms with Gasteiger partial charge in [-0.15, -0.1) is 24.0 Å². The summed E-state index contributed by atoms with van der Waals surface area (Å²) in [6.45, 7) is 11.8. The molecule has 0 spiro atoms. The van der Waals surface area contributed by atoms with Crippen molar-refractivity contribution >= 4 is 29.9 Å². The van der Waals surface area contributed by atoms with Crippen LogP contribution in [0.4, 0.5) is 0 Å². The molecule has 0 aromatic heterocycles. The van der Waals surface area contributed by atoms with Gasteiger partial charge in [0.25, 0.3) is 0 Å². The first-order valence-corrected chi connectivity index (χ1v) is 8.99. The van der Waals surface area contributed by atoms with Crippen LogP contribution in [0.5, 0.6) is 0 Å². The lowest BCUT2D eigenvalue weighted by atomic mass is 10.1. The van der Waals surface area contributed by atoms with Gasteiger partial charge in [-0.05, 0) is 33.1 Å². The van der Waals surface area contributed by atoms with Crippen LogP contribution in [0.15, 0.2) is 4.99 Å². The summed E-state index contributed by atoms with van der Waals surface area (Å²) in [6.07, 6.45) is 3.32. The molecule has 1 N–H and O–H groups in total. The molecule has 7 heteroatoms. The predicted octanol–water partition coefficient (Wildman–Crippen LogP) is 2.37. The normalized spacial score (nSPS) is 17.9. The number of guanidine groups is 1. The van der Waals surface area contributed by atoms with Crippen molar-refractivity contribution in [2.45, 2.75) is 33.1 Å². The zero-order chi connectivity index (χ0) is 16.8. The molecule has 0 aromatic rings. The molecule has 0 saturated carbocycles. The first kappa shape index (κ1) is 23.9. The van der Waals surface area contributed by atoms with Gasteiger partial charge in [-0.25, -0.2) is 0 Å². The molecule has 1 aliphatic rings. The Labute approximate surface area is 164 Å². The van der Waals surface area contributed by atoms with Crippen molar-refractivity contribution in [1.29, 1.82) is 0 Å². The summed E-state index contributed by atoms with van der Waals surface area (Å²) in [4.78, 5) is 7.11. The first-order valence-electron chi connectivity index (χ1n) is 8.99. The third kappa shape index (κ3) is 10.7. The van der Waals surface area contributed by atoms with E-state index in [9.17, 15) is 0 Å². The largest absolute Gasteiger partial charge is 0.382 e. The third-order valence-electron chi connectivity index (χ3n) is 3.87. The van der Waals surface area contributed by atoms with Gasteiger partial charge in [0.1, 0.15) is 0 Å². The Hall–Kier alpha value is -0.120. The smallest absolute Gasteiger partial charge is 0.193 e. The van der Waals surface area contributed by atoms with Crippen LogP contribution in [-0.2, 0) is 14.2 Å². The fourth-order valence-electron chi connectivity index (χ4n) is 2.62. The van der Waals surface area contributed by atoms with Gasteiger partial charge in [0.05, 0.1) is 19.8 Å². The number of hydrogen-bond donors (Lipinski definition) is 1. The van der Waals surface area contributed by atoms with E-state index >= 15 is 0 Å². The fraction of sp³-hybridized carbons (Fsp3) is 0.941. The van der Waals surface area contributed by atoms with E-state index in [0.29, 0.717) is 19.1 Å². The van der Waals surface area contributed by atoms with Gasteiger partial charge in [0.15, 0.2) is 5.96 Å². The Morgan fingerprint density at radius 3 is 2.71 bits per heavy atom. The number of hydrogen-bond acceptors (Lipinski definition) is 4. The van der Waals surface area contributed by atoms with Crippen LogP contribution in [0.3, 0.4) is 0 Å². The van der Waals surface area contributed by atoms with Crippen LogP contribution >= 0.6 is 24.0 Å². The van der Waals surface area contributed by atoms with Gasteiger partial charge in [-0.3, -0.25) is 4.99 Å². The summed E-state index contributed by atoms with van der Waals surface area (Å²) in [5.74, 6) is 1.64. The highest BCUT2D eigenvalue weighted by atomic mass is 127. The lowest BCUT2D eigenvalue weighted by Gasteiger charge is -2.21. The molecule has 0 aromatic carbocycles. The van der Waals surface area contributed by atoms with Gasteiger partial charge < -0.3 is 24.4 Å². The van der Waals surface area contributed by atoms with Crippen molar-refractivity contribution in [3.8, 4) is 0 Å². The van der Waals surface area contributed by atoms with Crippen LogP contribution in [0.1, 0.15) is 33.1 Å². The Balaban J connectivity index is 0.00000529. The molecule has 1 rings (SSSR count). The molecular formula is C17H36IN3O3. The van der Waals surface area contributed by atoms with Crippen molar-refractivity contribution < 1.29 is 14.2 Å². The van der Waals surface area contributed by atoms with Crippen molar-refractivity contribution in [2.75, 3.05) is 66.3 Å². The van der Waals surface area contributed by atoms with Crippen LogP contribution < -0.4 is 5.32 Å². The number of aliphatic imine (C=N–C) groups is 1. The first-order chi connectivity index (χ1) is 11.3. The molecule has 1 atom stereocenters. The van der Waals surface area contributed by atoms with E-state index in [1.165, 1.54) is 6.42 Å². The minimum Gasteiger partial charge on any atom is -0.382 e. The standard InChI is InChI=1S/C17H35N3O3.HI/c1-4-18-17(19-9-6-7-11-22-5-2)20-10-8-16(14-20)15-23-13-12-21-3;/h16H,4-15H2,1-3H3,(H,18,19);1H. The molecule has 1 fully saturated rings. The molecule has 0 aliphatic carbocycles. The van der Waals surface area contributed by atoms with Crippen LogP contribution in [-0.4, -0.2) is 77.2 Å². The van der Waals surface area contributed by atoms with Crippen LogP contribution in [0.2, 0.25) is 0 Å². The summed E-state index contributed by atoms with van der Waals surface area (Å²) in [7, 11) is 1.70. The number of methoxy groups -OCH3 is 1. The molecule has 0 radical (unpaired) electrons. The fourth-order valence-corrected chi connectivity index (χ4v) is 2.62. The maximum absolute atomic E-state index is 5.66. The van der Waals surface area contributed by atoms with Crippen molar-refractivity contribution in [3.63, 3.8) is 0 Å². The summed E-state index contributed by atoms with van der Waals surface area (Å²) < 4.78 is 16.0. The van der Waals surface area contributed by atoms with E-state index < -0.39 is 0 Å². The Morgan fingerprint density at radius 1 is 1.17 bits per heavy atom. The van der Waals surface area contributed by atoms with Crippen molar-refractivity contribution in [2.24, 2.45) is 10.9 Å². The lowest BCUT2D eigenvalue weighted by molar-refractivity contribution is 0.0536. The quantitative estimate of drug-likeness (QED) is 0.211. The Kier molecular flexibility index (Phi) is 16.3. The van der Waals surface area contributed by atoms with E-state index in [1.54, 1.807) is 7.11 Å². The molecular weight excluding hydrogens is 421 g/mol. The van der Waals surface area contributed by atoms with Crippen LogP contribution in [0, 0.1) is 5.92 Å². The second-order valence-electron chi connectivity index (χ2n) is 5.81. The van der Waals surface area contributed by atoms with E-state index in [4.69, 9.17) is 19.2 Å². The lowest BCUT2D eigenvalue weighted by Crippen LogP contribution is -2.40. The van der Waals surface area contributed by atoms with Gasteiger partial charge in [0.2, 0.25) is 0 Å². The third-order valence-corrected chi connectivity index (χ3v) is 3.87. The number of nitrogens with zero attached hydrogens (tertiary/aromatic N) is 2. The zero-order valence-electron chi connectivity index (χ0n) is 15.6. The summed E-state index contributed by atoms with van der Waals surface area (Å²) in [6, 6.07) is 0. The number of unbranched alkanes of at least 4 members (excludes halogenated alkanes) is 1. The maximum Gasteiger partial charge on any atom is 0.193 e. The van der Waals surface area contributed by atoms with Gasteiger partial charge in [-0.2, -0.15) is 0 Å². The zero-order valence-corrected chi connectivity index (χ0v) is 17.9. The average molecular weight is 457 g/mol. The predicted molar refractivity (Wildman–Crippen MR) is 109 cm³/mol. The minimum atomic E-state index is 0. The highest BCUT2D eigenvalue weighted by molar-refractivity contribution is 14.0. The molecule has 24 heavy (non-hydrogen) atoms. The van der Waals surface area contributed by atoms with Gasteiger partial charge in [0, 0.05) is 52.4 Å². The average Bonchev–Trinajstić information content (AvgIpc) is 3.02. The number of halogens is 1. The van der Waals surface area contributed by atoms with Gasteiger partial charge in [-0.1, -0.05) is 0 Å². The van der Waals surface area contributed by atoms with E-state index in [0.717, 1.165) is 64.8 Å². The van der Waals surface area contributed by atoms with Crippen LogP contribution in [0.25, 0.3) is 0 Å². The molecule has 6 nitrogen and oxygen atoms in total. The van der Waals surface area contributed by atoms with E-state index in [2.05, 4.69) is 17.1 Å². The number of rotatable bonds is 12. The molecule has 144 valence electrons. The van der Waals surface area contributed by atoms with Crippen molar-refractivity contribution in [3.05, 3.63) is 0 Å². The summed E-state index contributed by atoms with van der Waals surface area (Å²) >= 11 is 0. The maximum atomic E-state index is 5.66. The molecule has 1 aliphatic heterocycles. The second kappa shape index (κ2) is 16.4. The number of ether oxygens (including phenoxy) is 3. The van der Waals surface area contributed by atoms with E-state index in [1.807, 2.05) is 6.92 Å². The van der Waals surface area contributed by atoms with Gasteiger partial charge >= 0.3 is 0 Å². The second-order valence-corrected chi connectivity index (χ2v) is 5.81. The SMILES string of the molecule is CCNC(=NCCCCOCC)N1CCC(COCCOC)C1.I. The molecule has 0 bridgehead atoms. The monoisotopic (exact) mass is 457 g/mol.